The Morgan fingerprint density at radius 2 is 1.53 bits per heavy atom. The Labute approximate surface area is 202 Å². The maximum absolute atomic E-state index is 12.6. The number of carbonyl (C=O) groups is 2. The molecule has 0 spiro atoms. The molecular formula is C23H16Cl2F3N3O3. The molecule has 0 unspecified atom stereocenters. The predicted molar refractivity (Wildman–Crippen MR) is 123 cm³/mol. The molecule has 11 heteroatoms. The summed E-state index contributed by atoms with van der Waals surface area (Å²) < 4.78 is 43.4. The van der Waals surface area contributed by atoms with E-state index in [1.165, 1.54) is 6.21 Å². The van der Waals surface area contributed by atoms with E-state index in [4.69, 9.17) is 27.9 Å². The van der Waals surface area contributed by atoms with Gasteiger partial charge in [-0.25, -0.2) is 5.43 Å². The first kappa shape index (κ1) is 25.1. The second kappa shape index (κ2) is 11.0. The number of amides is 2. The summed E-state index contributed by atoms with van der Waals surface area (Å²) in [5.41, 5.74) is 2.46. The Morgan fingerprint density at radius 3 is 2.12 bits per heavy atom. The average molecular weight is 510 g/mol. The number of carbonyl (C=O) groups excluding carboxylic acids is 2. The predicted octanol–water partition coefficient (Wildman–Crippen LogP) is 5.68. The quantitative estimate of drug-likeness (QED) is 0.255. The number of rotatable bonds is 6. The topological polar surface area (TPSA) is 79.8 Å². The SMILES string of the molecule is O=C(N/N=C/c1ccc(OCc2c(Cl)cccc2Cl)cc1)C(=O)Nc1ccc(C(F)(F)F)cc1. The van der Waals surface area contributed by atoms with E-state index in [0.29, 0.717) is 26.9 Å². The number of nitrogens with zero attached hydrogens (tertiary/aromatic N) is 1. The Hall–Kier alpha value is -3.56. The van der Waals surface area contributed by atoms with Crippen molar-refractivity contribution in [3.05, 3.63) is 93.5 Å². The number of hydrazone groups is 1. The zero-order chi connectivity index (χ0) is 24.7. The maximum atomic E-state index is 12.6. The second-order valence-corrected chi connectivity index (χ2v) is 7.60. The van der Waals surface area contributed by atoms with Gasteiger partial charge < -0.3 is 10.1 Å². The van der Waals surface area contributed by atoms with Gasteiger partial charge in [0.2, 0.25) is 0 Å². The van der Waals surface area contributed by atoms with Crippen LogP contribution in [0.3, 0.4) is 0 Å². The van der Waals surface area contributed by atoms with Crippen molar-refractivity contribution < 1.29 is 27.5 Å². The first-order valence-corrected chi connectivity index (χ1v) is 10.4. The Balaban J connectivity index is 1.48. The van der Waals surface area contributed by atoms with Gasteiger partial charge in [-0.15, -0.1) is 0 Å². The molecule has 0 fully saturated rings. The molecule has 0 saturated carbocycles. The number of hydrogen-bond donors (Lipinski definition) is 2. The molecule has 0 aromatic heterocycles. The third-order valence-electron chi connectivity index (χ3n) is 4.38. The van der Waals surface area contributed by atoms with E-state index in [0.717, 1.165) is 24.3 Å². The molecule has 0 aliphatic rings. The van der Waals surface area contributed by atoms with E-state index < -0.39 is 23.6 Å². The summed E-state index contributed by atoms with van der Waals surface area (Å²) in [5.74, 6) is -1.63. The lowest BCUT2D eigenvalue weighted by atomic mass is 10.2. The summed E-state index contributed by atoms with van der Waals surface area (Å²) in [6.07, 6.45) is -3.19. The second-order valence-electron chi connectivity index (χ2n) is 6.79. The third-order valence-corrected chi connectivity index (χ3v) is 5.09. The van der Waals surface area contributed by atoms with Crippen molar-refractivity contribution in [1.82, 2.24) is 5.43 Å². The average Bonchev–Trinajstić information content (AvgIpc) is 2.79. The van der Waals surface area contributed by atoms with Gasteiger partial charge in [0.1, 0.15) is 12.4 Å². The number of benzene rings is 3. The lowest BCUT2D eigenvalue weighted by Gasteiger charge is -2.09. The van der Waals surface area contributed by atoms with E-state index in [9.17, 15) is 22.8 Å². The maximum Gasteiger partial charge on any atom is 0.416 e. The molecular weight excluding hydrogens is 494 g/mol. The van der Waals surface area contributed by atoms with E-state index in [2.05, 4.69) is 10.4 Å². The molecule has 3 aromatic carbocycles. The molecule has 3 aromatic rings. The van der Waals surface area contributed by atoms with Gasteiger partial charge in [-0.05, 0) is 66.2 Å². The molecule has 0 saturated heterocycles. The molecule has 176 valence electrons. The number of anilines is 1. The zero-order valence-electron chi connectivity index (χ0n) is 17.2. The van der Waals surface area contributed by atoms with E-state index in [1.54, 1.807) is 42.5 Å². The van der Waals surface area contributed by atoms with E-state index >= 15 is 0 Å². The number of ether oxygens (including phenoxy) is 1. The third kappa shape index (κ3) is 6.97. The van der Waals surface area contributed by atoms with Gasteiger partial charge in [0.15, 0.2) is 0 Å². The highest BCUT2D eigenvalue weighted by molar-refractivity contribution is 6.39. The van der Waals surface area contributed by atoms with Gasteiger partial charge in [0, 0.05) is 21.3 Å². The highest BCUT2D eigenvalue weighted by Crippen LogP contribution is 2.30. The van der Waals surface area contributed by atoms with Crippen molar-refractivity contribution >= 4 is 46.9 Å². The van der Waals surface area contributed by atoms with Crippen molar-refractivity contribution in [2.45, 2.75) is 12.8 Å². The number of alkyl halides is 3. The summed E-state index contributed by atoms with van der Waals surface area (Å²) in [6.45, 7) is 0.177. The molecule has 0 atom stereocenters. The molecule has 3 rings (SSSR count). The monoisotopic (exact) mass is 509 g/mol. The molecule has 0 aliphatic heterocycles. The Kier molecular flexibility index (Phi) is 8.14. The van der Waals surface area contributed by atoms with Crippen LogP contribution in [0, 0.1) is 0 Å². The Bertz CT molecular complexity index is 1180. The number of nitrogens with one attached hydrogen (secondary N) is 2. The van der Waals surface area contributed by atoms with Crippen LogP contribution in [0.15, 0.2) is 71.8 Å². The van der Waals surface area contributed by atoms with Crippen LogP contribution in [0.2, 0.25) is 10.0 Å². The number of hydrogen-bond acceptors (Lipinski definition) is 4. The molecule has 0 bridgehead atoms. The molecule has 2 amide bonds. The smallest absolute Gasteiger partial charge is 0.416 e. The largest absolute Gasteiger partial charge is 0.489 e. The summed E-state index contributed by atoms with van der Waals surface area (Å²) in [5, 5.41) is 6.86. The van der Waals surface area contributed by atoms with Crippen LogP contribution in [0.1, 0.15) is 16.7 Å². The van der Waals surface area contributed by atoms with E-state index in [-0.39, 0.29) is 12.3 Å². The first-order chi connectivity index (χ1) is 16.1. The lowest BCUT2D eigenvalue weighted by molar-refractivity contribution is -0.137. The fourth-order valence-corrected chi connectivity index (χ4v) is 3.13. The first-order valence-electron chi connectivity index (χ1n) is 9.61. The van der Waals surface area contributed by atoms with Crippen LogP contribution >= 0.6 is 23.2 Å². The summed E-state index contributed by atoms with van der Waals surface area (Å²) in [6, 6.07) is 15.5. The minimum atomic E-state index is -4.50. The van der Waals surface area contributed by atoms with E-state index in [1.807, 2.05) is 5.43 Å². The number of halogens is 5. The standard InChI is InChI=1S/C23H16Cl2F3N3O3/c24-19-2-1-3-20(25)18(19)13-34-17-10-4-14(5-11-17)12-29-31-22(33)21(32)30-16-8-6-15(7-9-16)23(26,27)28/h1-12H,13H2,(H,30,32)(H,31,33)/b29-12+. The van der Waals surface area contributed by atoms with Crippen LogP contribution in [0.25, 0.3) is 0 Å². The van der Waals surface area contributed by atoms with Crippen LogP contribution in [-0.2, 0) is 22.4 Å². The van der Waals surface area contributed by atoms with Gasteiger partial charge in [0.25, 0.3) is 0 Å². The summed E-state index contributed by atoms with van der Waals surface area (Å²) in [4.78, 5) is 23.7. The normalized spacial score (nSPS) is 11.3. The highest BCUT2D eigenvalue weighted by Gasteiger charge is 2.30. The van der Waals surface area contributed by atoms with Crippen molar-refractivity contribution in [3.8, 4) is 5.75 Å². The van der Waals surface area contributed by atoms with Gasteiger partial charge >= 0.3 is 18.0 Å². The molecule has 0 heterocycles. The zero-order valence-corrected chi connectivity index (χ0v) is 18.7. The molecule has 6 nitrogen and oxygen atoms in total. The lowest BCUT2D eigenvalue weighted by Crippen LogP contribution is -2.32. The van der Waals surface area contributed by atoms with Crippen molar-refractivity contribution in [2.24, 2.45) is 5.10 Å². The van der Waals surface area contributed by atoms with Crippen molar-refractivity contribution in [1.29, 1.82) is 0 Å². The van der Waals surface area contributed by atoms with Crippen LogP contribution in [0.5, 0.6) is 5.75 Å². The molecule has 34 heavy (non-hydrogen) atoms. The van der Waals surface area contributed by atoms with Gasteiger partial charge in [-0.3, -0.25) is 9.59 Å². The molecule has 2 N–H and O–H groups in total. The molecule has 0 aliphatic carbocycles. The Morgan fingerprint density at radius 1 is 0.912 bits per heavy atom. The van der Waals surface area contributed by atoms with Crippen LogP contribution in [-0.4, -0.2) is 18.0 Å². The highest BCUT2D eigenvalue weighted by atomic mass is 35.5. The van der Waals surface area contributed by atoms with Gasteiger partial charge in [0.05, 0.1) is 11.8 Å². The van der Waals surface area contributed by atoms with Gasteiger partial charge in [-0.2, -0.15) is 18.3 Å². The van der Waals surface area contributed by atoms with Crippen LogP contribution < -0.4 is 15.5 Å². The van der Waals surface area contributed by atoms with Crippen molar-refractivity contribution in [3.63, 3.8) is 0 Å². The minimum Gasteiger partial charge on any atom is -0.489 e. The summed E-state index contributed by atoms with van der Waals surface area (Å²) >= 11 is 12.2. The van der Waals surface area contributed by atoms with Gasteiger partial charge in [-0.1, -0.05) is 29.3 Å². The minimum absolute atomic E-state index is 0.0331. The molecule has 0 radical (unpaired) electrons. The fraction of sp³-hybridized carbons (Fsp3) is 0.0870. The van der Waals surface area contributed by atoms with Crippen LogP contribution in [0.4, 0.5) is 18.9 Å². The fourth-order valence-electron chi connectivity index (χ4n) is 2.62. The summed E-state index contributed by atoms with van der Waals surface area (Å²) in [7, 11) is 0. The van der Waals surface area contributed by atoms with Crippen molar-refractivity contribution in [2.75, 3.05) is 5.32 Å².